The topological polar surface area (TPSA) is 58.4 Å². The van der Waals surface area contributed by atoms with Crippen LogP contribution in [0.1, 0.15) is 76.8 Å². The Labute approximate surface area is 185 Å². The Morgan fingerprint density at radius 3 is 2.68 bits per heavy atom. The summed E-state index contributed by atoms with van der Waals surface area (Å²) in [4.78, 5) is 15.3. The summed E-state index contributed by atoms with van der Waals surface area (Å²) in [6, 6.07) is 6.57. The number of nitrogens with zero attached hydrogens (tertiary/aromatic N) is 1. The van der Waals surface area contributed by atoms with Gasteiger partial charge < -0.3 is 16.0 Å². The lowest BCUT2D eigenvalue weighted by atomic mass is 9.74. The van der Waals surface area contributed by atoms with E-state index in [1.165, 1.54) is 49.0 Å². The smallest absolute Gasteiger partial charge is 0.318 e. The SMILES string of the molecule is CCCCCC1C=CC2=C(CCN(C(=O)N[C@]3(C)C[C@@H](N)C3)[C@H]2c2ccc(F)cc2)C1. The number of unbranched alkanes of at least 4 members (excludes halogenated alkanes) is 2. The standard InChI is InChI=1S/C26H36FN3O/c1-3-4-5-6-18-7-12-23-20(15-18)13-14-30(24(23)19-8-10-21(27)11-9-19)25(31)29-26(2)16-22(28)17-26/h7-12,18,22,24H,3-6,13-17,28H2,1-2H3,(H,29,31)/t18?,22-,24-,26-/m0/s1. The third-order valence-electron chi connectivity index (χ3n) is 7.18. The third-order valence-corrected chi connectivity index (χ3v) is 7.18. The molecule has 3 N–H and O–H groups in total. The molecule has 0 bridgehead atoms. The molecule has 1 saturated carbocycles. The van der Waals surface area contributed by atoms with Gasteiger partial charge in [-0.2, -0.15) is 0 Å². The van der Waals surface area contributed by atoms with Gasteiger partial charge in [-0.15, -0.1) is 0 Å². The molecule has 1 aliphatic heterocycles. The highest BCUT2D eigenvalue weighted by Crippen LogP contribution is 2.42. The van der Waals surface area contributed by atoms with Crippen molar-refractivity contribution in [2.45, 2.75) is 82.8 Å². The number of nitrogens with one attached hydrogen (secondary N) is 1. The van der Waals surface area contributed by atoms with Crippen molar-refractivity contribution in [1.82, 2.24) is 10.2 Å². The van der Waals surface area contributed by atoms with Crippen LogP contribution in [0.25, 0.3) is 0 Å². The highest BCUT2D eigenvalue weighted by Gasteiger charge is 2.42. The second-order valence-electron chi connectivity index (χ2n) is 9.93. The van der Waals surface area contributed by atoms with Gasteiger partial charge in [0.15, 0.2) is 0 Å². The van der Waals surface area contributed by atoms with Crippen LogP contribution in [0.4, 0.5) is 9.18 Å². The maximum Gasteiger partial charge on any atom is 0.318 e. The summed E-state index contributed by atoms with van der Waals surface area (Å²) < 4.78 is 13.6. The third kappa shape index (κ3) is 4.87. The molecule has 2 atom stereocenters. The number of halogens is 1. The van der Waals surface area contributed by atoms with Crippen molar-refractivity contribution in [1.29, 1.82) is 0 Å². The predicted molar refractivity (Wildman–Crippen MR) is 123 cm³/mol. The van der Waals surface area contributed by atoms with Crippen LogP contribution in [-0.4, -0.2) is 29.1 Å². The van der Waals surface area contributed by atoms with Crippen LogP contribution in [0, 0.1) is 11.7 Å². The van der Waals surface area contributed by atoms with Crippen LogP contribution < -0.4 is 11.1 Å². The second kappa shape index (κ2) is 9.15. The Morgan fingerprint density at radius 2 is 2.00 bits per heavy atom. The van der Waals surface area contributed by atoms with Crippen LogP contribution in [0.15, 0.2) is 47.6 Å². The van der Waals surface area contributed by atoms with Crippen molar-refractivity contribution in [3.63, 3.8) is 0 Å². The van der Waals surface area contributed by atoms with E-state index >= 15 is 0 Å². The number of benzene rings is 1. The van der Waals surface area contributed by atoms with Gasteiger partial charge in [0.1, 0.15) is 5.82 Å². The van der Waals surface area contributed by atoms with Crippen molar-refractivity contribution in [3.05, 3.63) is 58.9 Å². The zero-order valence-electron chi connectivity index (χ0n) is 18.9. The maximum absolute atomic E-state index is 13.6. The lowest BCUT2D eigenvalue weighted by Crippen LogP contribution is -2.62. The average molecular weight is 426 g/mol. The Morgan fingerprint density at radius 1 is 1.26 bits per heavy atom. The molecule has 1 unspecified atom stereocenters. The molecule has 31 heavy (non-hydrogen) atoms. The molecule has 0 aromatic heterocycles. The van der Waals surface area contributed by atoms with E-state index in [2.05, 4.69) is 31.3 Å². The molecule has 1 aromatic carbocycles. The molecule has 1 aromatic rings. The molecule has 2 aliphatic carbocycles. The van der Waals surface area contributed by atoms with Gasteiger partial charge in [-0.25, -0.2) is 9.18 Å². The molecule has 0 saturated heterocycles. The summed E-state index contributed by atoms with van der Waals surface area (Å²) in [7, 11) is 0. The van der Waals surface area contributed by atoms with Crippen molar-refractivity contribution < 1.29 is 9.18 Å². The molecular formula is C26H36FN3O. The highest BCUT2D eigenvalue weighted by molar-refractivity contribution is 5.77. The molecule has 2 amide bonds. The second-order valence-corrected chi connectivity index (χ2v) is 9.93. The minimum atomic E-state index is -0.254. The van der Waals surface area contributed by atoms with E-state index in [4.69, 9.17) is 5.73 Å². The van der Waals surface area contributed by atoms with Gasteiger partial charge in [-0.3, -0.25) is 0 Å². The van der Waals surface area contributed by atoms with E-state index in [-0.39, 0.29) is 29.5 Å². The van der Waals surface area contributed by atoms with E-state index in [9.17, 15) is 9.18 Å². The number of carbonyl (C=O) groups is 1. The minimum absolute atomic E-state index is 0.0475. The number of hydrogen-bond donors (Lipinski definition) is 2. The number of urea groups is 1. The molecule has 3 aliphatic rings. The first-order valence-corrected chi connectivity index (χ1v) is 11.9. The normalized spacial score (nSPS) is 30.1. The maximum atomic E-state index is 13.6. The lowest BCUT2D eigenvalue weighted by molar-refractivity contribution is 0.136. The number of allylic oxidation sites excluding steroid dienone is 1. The van der Waals surface area contributed by atoms with Gasteiger partial charge in [0.2, 0.25) is 0 Å². The summed E-state index contributed by atoms with van der Waals surface area (Å²) >= 11 is 0. The molecular weight excluding hydrogens is 389 g/mol. The Kier molecular flexibility index (Phi) is 6.52. The van der Waals surface area contributed by atoms with E-state index in [1.807, 2.05) is 17.0 Å². The quantitative estimate of drug-likeness (QED) is 0.582. The van der Waals surface area contributed by atoms with Crippen LogP contribution >= 0.6 is 0 Å². The van der Waals surface area contributed by atoms with Crippen molar-refractivity contribution in [3.8, 4) is 0 Å². The fourth-order valence-electron chi connectivity index (χ4n) is 5.55. The molecule has 5 heteroatoms. The Balaban J connectivity index is 1.57. The minimum Gasteiger partial charge on any atom is -0.333 e. The molecule has 1 heterocycles. The fraction of sp³-hybridized carbons (Fsp3) is 0.577. The number of nitrogens with two attached hydrogens (primary N) is 1. The molecule has 4 nitrogen and oxygen atoms in total. The average Bonchev–Trinajstić information content (AvgIpc) is 2.72. The van der Waals surface area contributed by atoms with E-state index < -0.39 is 0 Å². The number of rotatable bonds is 6. The zero-order chi connectivity index (χ0) is 22.0. The fourth-order valence-corrected chi connectivity index (χ4v) is 5.55. The highest BCUT2D eigenvalue weighted by atomic mass is 19.1. The monoisotopic (exact) mass is 425 g/mol. The summed E-state index contributed by atoms with van der Waals surface area (Å²) in [5.74, 6) is 0.339. The molecule has 1 fully saturated rings. The Bertz CT molecular complexity index is 854. The zero-order valence-corrected chi connectivity index (χ0v) is 18.9. The van der Waals surface area contributed by atoms with Crippen molar-refractivity contribution in [2.75, 3.05) is 6.54 Å². The van der Waals surface area contributed by atoms with Gasteiger partial charge in [0, 0.05) is 18.1 Å². The van der Waals surface area contributed by atoms with Gasteiger partial charge in [-0.1, -0.05) is 56.0 Å². The first-order valence-electron chi connectivity index (χ1n) is 11.9. The predicted octanol–water partition coefficient (Wildman–Crippen LogP) is 5.61. The summed E-state index contributed by atoms with van der Waals surface area (Å²) in [6.07, 6.45) is 13.2. The first-order chi connectivity index (χ1) is 14.9. The van der Waals surface area contributed by atoms with Crippen LogP contribution in [-0.2, 0) is 0 Å². The van der Waals surface area contributed by atoms with Crippen LogP contribution in [0.5, 0.6) is 0 Å². The van der Waals surface area contributed by atoms with E-state index in [0.717, 1.165) is 31.2 Å². The molecule has 0 radical (unpaired) electrons. The van der Waals surface area contributed by atoms with Gasteiger partial charge in [0.05, 0.1) is 6.04 Å². The van der Waals surface area contributed by atoms with Crippen LogP contribution in [0.2, 0.25) is 0 Å². The number of carbonyl (C=O) groups excluding carboxylic acids is 1. The summed E-state index contributed by atoms with van der Waals surface area (Å²) in [6.45, 7) is 4.99. The van der Waals surface area contributed by atoms with Crippen LogP contribution in [0.3, 0.4) is 0 Å². The largest absolute Gasteiger partial charge is 0.333 e. The van der Waals surface area contributed by atoms with E-state index in [1.54, 1.807) is 0 Å². The van der Waals surface area contributed by atoms with Gasteiger partial charge in [-0.05, 0) is 68.2 Å². The number of amides is 2. The summed E-state index contributed by atoms with van der Waals surface area (Å²) in [5.41, 5.74) is 9.38. The van der Waals surface area contributed by atoms with Crippen molar-refractivity contribution >= 4 is 6.03 Å². The molecule has 168 valence electrons. The molecule has 4 rings (SSSR count). The lowest BCUT2D eigenvalue weighted by Gasteiger charge is -2.47. The van der Waals surface area contributed by atoms with Gasteiger partial charge >= 0.3 is 6.03 Å². The molecule has 0 spiro atoms. The number of hydrogen-bond acceptors (Lipinski definition) is 2. The van der Waals surface area contributed by atoms with Gasteiger partial charge in [0.25, 0.3) is 0 Å². The summed E-state index contributed by atoms with van der Waals surface area (Å²) in [5, 5.41) is 3.23. The Hall–Kier alpha value is -2.14. The first kappa shape index (κ1) is 22.1. The van der Waals surface area contributed by atoms with E-state index in [0.29, 0.717) is 12.5 Å². The van der Waals surface area contributed by atoms with Crippen molar-refractivity contribution in [2.24, 2.45) is 11.7 Å².